The molecule has 4 nitrogen and oxygen atoms in total. The second-order valence-corrected chi connectivity index (χ2v) is 8.08. The van der Waals surface area contributed by atoms with Gasteiger partial charge in [-0.3, -0.25) is 4.90 Å². The van der Waals surface area contributed by atoms with Crippen LogP contribution < -0.4 is 5.32 Å². The molecular weight excluding hydrogens is 342 g/mol. The fourth-order valence-electron chi connectivity index (χ4n) is 3.02. The van der Waals surface area contributed by atoms with Gasteiger partial charge in [-0.05, 0) is 49.2 Å². The zero-order valence-electron chi connectivity index (χ0n) is 14.0. The molecule has 1 aromatic heterocycles. The highest BCUT2D eigenvalue weighted by Gasteiger charge is 2.21. The fraction of sp³-hybridized carbons (Fsp3) is 0.389. The Hall–Kier alpha value is -1.56. The molecule has 0 aliphatic carbocycles. The number of hydrogen-bond acceptors (Lipinski definition) is 3. The summed E-state index contributed by atoms with van der Waals surface area (Å²) in [5, 5.41) is 3.01. The van der Waals surface area contributed by atoms with Crippen molar-refractivity contribution in [3.05, 3.63) is 50.7 Å². The monoisotopic (exact) mass is 363 g/mol. The minimum Gasteiger partial charge on any atom is -0.322 e. The average molecular weight is 364 g/mol. The lowest BCUT2D eigenvalue weighted by atomic mass is 10.1. The molecule has 1 N–H and O–H groups in total. The van der Waals surface area contributed by atoms with Crippen LogP contribution >= 0.6 is 22.9 Å². The van der Waals surface area contributed by atoms with Crippen molar-refractivity contribution in [1.82, 2.24) is 9.80 Å². The molecule has 0 bridgehead atoms. The van der Waals surface area contributed by atoms with E-state index in [0.29, 0.717) is 0 Å². The van der Waals surface area contributed by atoms with Crippen molar-refractivity contribution in [2.45, 2.75) is 20.4 Å². The van der Waals surface area contributed by atoms with Gasteiger partial charge < -0.3 is 10.2 Å². The summed E-state index contributed by atoms with van der Waals surface area (Å²) in [6.07, 6.45) is 0. The summed E-state index contributed by atoms with van der Waals surface area (Å²) in [4.78, 5) is 18.0. The molecule has 0 atom stereocenters. The molecule has 0 saturated carbocycles. The molecular formula is C18H22ClN3OS. The van der Waals surface area contributed by atoms with Crippen LogP contribution in [0.2, 0.25) is 4.34 Å². The van der Waals surface area contributed by atoms with E-state index in [9.17, 15) is 4.79 Å². The third-order valence-corrected chi connectivity index (χ3v) is 5.36. The summed E-state index contributed by atoms with van der Waals surface area (Å²) < 4.78 is 0.830. The Balaban J connectivity index is 1.51. The summed E-state index contributed by atoms with van der Waals surface area (Å²) in [5.74, 6) is 0. The lowest BCUT2D eigenvalue weighted by molar-refractivity contribution is 0.143. The van der Waals surface area contributed by atoms with E-state index in [1.54, 1.807) is 11.3 Å². The van der Waals surface area contributed by atoms with Gasteiger partial charge in [-0.2, -0.15) is 0 Å². The molecule has 1 aliphatic rings. The maximum atomic E-state index is 12.4. The van der Waals surface area contributed by atoms with Crippen LogP contribution in [0.25, 0.3) is 0 Å². The Labute approximate surface area is 152 Å². The van der Waals surface area contributed by atoms with Gasteiger partial charge >= 0.3 is 6.03 Å². The highest BCUT2D eigenvalue weighted by atomic mass is 35.5. The number of benzene rings is 1. The number of amides is 2. The number of anilines is 1. The van der Waals surface area contributed by atoms with E-state index in [0.717, 1.165) is 53.9 Å². The second-order valence-electron chi connectivity index (χ2n) is 6.28. The fourth-order valence-corrected chi connectivity index (χ4v) is 4.15. The number of urea groups is 1. The molecule has 1 fully saturated rings. The number of carbonyl (C=O) groups is 1. The van der Waals surface area contributed by atoms with Crippen LogP contribution in [0.15, 0.2) is 30.3 Å². The number of aryl methyl sites for hydroxylation is 2. The van der Waals surface area contributed by atoms with Crippen LogP contribution in [-0.4, -0.2) is 42.0 Å². The van der Waals surface area contributed by atoms with Gasteiger partial charge in [0.25, 0.3) is 0 Å². The highest BCUT2D eigenvalue weighted by molar-refractivity contribution is 7.16. The number of nitrogens with one attached hydrogen (secondary N) is 1. The molecule has 1 aromatic carbocycles. The van der Waals surface area contributed by atoms with Crippen LogP contribution in [0.4, 0.5) is 10.5 Å². The van der Waals surface area contributed by atoms with Crippen molar-refractivity contribution in [2.75, 3.05) is 31.5 Å². The van der Waals surface area contributed by atoms with Gasteiger partial charge in [-0.15, -0.1) is 11.3 Å². The van der Waals surface area contributed by atoms with Gasteiger partial charge in [0.15, 0.2) is 0 Å². The minimum absolute atomic E-state index is 0.0150. The number of rotatable bonds is 3. The van der Waals surface area contributed by atoms with Crippen LogP contribution in [0.5, 0.6) is 0 Å². The SMILES string of the molecule is Cc1cc(C)cc(NC(=O)N2CCN(Cc3ccc(Cl)s3)CC2)c1. The van der Waals surface area contributed by atoms with Crippen molar-refractivity contribution >= 4 is 34.7 Å². The van der Waals surface area contributed by atoms with E-state index in [2.05, 4.69) is 22.3 Å². The molecule has 0 unspecified atom stereocenters. The maximum Gasteiger partial charge on any atom is 0.321 e. The van der Waals surface area contributed by atoms with E-state index in [1.165, 1.54) is 4.88 Å². The van der Waals surface area contributed by atoms with E-state index in [4.69, 9.17) is 11.6 Å². The normalized spacial score (nSPS) is 15.5. The van der Waals surface area contributed by atoms with E-state index >= 15 is 0 Å². The topological polar surface area (TPSA) is 35.6 Å². The molecule has 3 rings (SSSR count). The Kier molecular flexibility index (Phi) is 5.43. The minimum atomic E-state index is -0.0150. The van der Waals surface area contributed by atoms with Crippen LogP contribution in [-0.2, 0) is 6.54 Å². The third-order valence-electron chi connectivity index (χ3n) is 4.14. The number of thiophene rings is 1. The van der Waals surface area contributed by atoms with Gasteiger partial charge in [0.1, 0.15) is 0 Å². The highest BCUT2D eigenvalue weighted by Crippen LogP contribution is 2.23. The third kappa shape index (κ3) is 4.50. The number of piperazine rings is 1. The van der Waals surface area contributed by atoms with Gasteiger partial charge in [0.05, 0.1) is 4.34 Å². The number of carbonyl (C=O) groups excluding carboxylic acids is 1. The predicted octanol–water partition coefficient (Wildman–Crippen LogP) is 4.37. The van der Waals surface area contributed by atoms with Crippen molar-refractivity contribution in [3.8, 4) is 0 Å². The first-order chi connectivity index (χ1) is 11.5. The molecule has 0 radical (unpaired) electrons. The summed E-state index contributed by atoms with van der Waals surface area (Å²) in [6.45, 7) is 8.25. The first-order valence-corrected chi connectivity index (χ1v) is 9.30. The predicted molar refractivity (Wildman–Crippen MR) is 101 cm³/mol. The largest absolute Gasteiger partial charge is 0.322 e. The van der Waals surface area contributed by atoms with Crippen LogP contribution in [0.3, 0.4) is 0 Å². The molecule has 6 heteroatoms. The zero-order valence-corrected chi connectivity index (χ0v) is 15.6. The van der Waals surface area contributed by atoms with E-state index in [-0.39, 0.29) is 6.03 Å². The molecule has 1 saturated heterocycles. The van der Waals surface area contributed by atoms with Gasteiger partial charge in [0.2, 0.25) is 0 Å². The van der Waals surface area contributed by atoms with Gasteiger partial charge in [-0.1, -0.05) is 17.7 Å². The van der Waals surface area contributed by atoms with E-state index < -0.39 is 0 Å². The standard InChI is InChI=1S/C18H22ClN3OS/c1-13-9-14(2)11-15(10-13)20-18(23)22-7-5-21(6-8-22)12-16-3-4-17(19)24-16/h3-4,9-11H,5-8,12H2,1-2H3,(H,20,23). The first-order valence-electron chi connectivity index (χ1n) is 8.10. The van der Waals surface area contributed by atoms with Crippen LogP contribution in [0, 0.1) is 13.8 Å². The Morgan fingerprint density at radius 3 is 2.38 bits per heavy atom. The number of hydrogen-bond donors (Lipinski definition) is 1. The average Bonchev–Trinajstić information content (AvgIpc) is 2.92. The quantitative estimate of drug-likeness (QED) is 0.878. The van der Waals surface area contributed by atoms with Crippen molar-refractivity contribution in [3.63, 3.8) is 0 Å². The number of nitrogens with zero attached hydrogens (tertiary/aromatic N) is 2. The Bertz CT molecular complexity index is 703. The molecule has 2 aromatic rings. The van der Waals surface area contributed by atoms with Crippen molar-refractivity contribution in [1.29, 1.82) is 0 Å². The molecule has 24 heavy (non-hydrogen) atoms. The lowest BCUT2D eigenvalue weighted by Gasteiger charge is -2.34. The summed E-state index contributed by atoms with van der Waals surface area (Å²) >= 11 is 7.60. The van der Waals surface area contributed by atoms with Crippen LogP contribution in [0.1, 0.15) is 16.0 Å². The zero-order chi connectivity index (χ0) is 17.1. The molecule has 2 heterocycles. The maximum absolute atomic E-state index is 12.4. The second kappa shape index (κ2) is 7.55. The van der Waals surface area contributed by atoms with Crippen molar-refractivity contribution in [2.24, 2.45) is 0 Å². The Morgan fingerprint density at radius 1 is 1.12 bits per heavy atom. The van der Waals surface area contributed by atoms with Crippen molar-refractivity contribution < 1.29 is 4.79 Å². The summed E-state index contributed by atoms with van der Waals surface area (Å²) in [5.41, 5.74) is 3.18. The molecule has 128 valence electrons. The summed E-state index contributed by atoms with van der Waals surface area (Å²) in [6, 6.07) is 10.1. The molecule has 2 amide bonds. The smallest absolute Gasteiger partial charge is 0.321 e. The summed E-state index contributed by atoms with van der Waals surface area (Å²) in [7, 11) is 0. The van der Waals surface area contributed by atoms with Gasteiger partial charge in [-0.25, -0.2) is 4.79 Å². The van der Waals surface area contributed by atoms with Gasteiger partial charge in [0, 0.05) is 43.3 Å². The Morgan fingerprint density at radius 2 is 1.79 bits per heavy atom. The molecule has 1 aliphatic heterocycles. The lowest BCUT2D eigenvalue weighted by Crippen LogP contribution is -2.49. The first kappa shape index (κ1) is 17.3. The van der Waals surface area contributed by atoms with E-state index in [1.807, 2.05) is 36.9 Å². The number of halogens is 1. The molecule has 0 spiro atoms.